The lowest BCUT2D eigenvalue weighted by atomic mass is 10.2. The number of pyridine rings is 1. The molecule has 0 spiro atoms. The number of nitrogens with one attached hydrogen (secondary N) is 1. The van der Waals surface area contributed by atoms with Gasteiger partial charge in [0.25, 0.3) is 5.91 Å². The van der Waals surface area contributed by atoms with E-state index in [4.69, 9.17) is 9.47 Å². The van der Waals surface area contributed by atoms with Gasteiger partial charge >= 0.3 is 0 Å². The van der Waals surface area contributed by atoms with Crippen LogP contribution in [-0.4, -0.2) is 31.3 Å². The van der Waals surface area contributed by atoms with Crippen molar-refractivity contribution < 1.29 is 14.3 Å². The standard InChI is InChI=1S/C16H17N3O3/c1-11-4-5-13(9-17-11)16(20)19-18-10-12-6-7-14(21-2)8-15(12)22-3/h4-10H,1-3H3,(H,19,20). The van der Waals surface area contributed by atoms with E-state index in [-0.39, 0.29) is 5.91 Å². The number of aromatic nitrogens is 1. The van der Waals surface area contributed by atoms with Crippen LogP contribution in [0, 0.1) is 6.92 Å². The number of rotatable bonds is 5. The van der Waals surface area contributed by atoms with Crippen LogP contribution in [0.2, 0.25) is 0 Å². The van der Waals surface area contributed by atoms with E-state index in [9.17, 15) is 4.79 Å². The van der Waals surface area contributed by atoms with Crippen LogP contribution in [0.15, 0.2) is 41.6 Å². The summed E-state index contributed by atoms with van der Waals surface area (Å²) in [6, 6.07) is 8.79. The van der Waals surface area contributed by atoms with Crippen LogP contribution in [-0.2, 0) is 0 Å². The zero-order valence-electron chi connectivity index (χ0n) is 12.7. The topological polar surface area (TPSA) is 72.8 Å². The lowest BCUT2D eigenvalue weighted by Crippen LogP contribution is -2.17. The maximum absolute atomic E-state index is 11.9. The van der Waals surface area contributed by atoms with Crippen LogP contribution in [0.25, 0.3) is 0 Å². The van der Waals surface area contributed by atoms with Crippen LogP contribution in [0.3, 0.4) is 0 Å². The van der Waals surface area contributed by atoms with E-state index < -0.39 is 0 Å². The van der Waals surface area contributed by atoms with Crippen molar-refractivity contribution in [2.24, 2.45) is 5.10 Å². The normalized spacial score (nSPS) is 10.5. The predicted molar refractivity (Wildman–Crippen MR) is 83.6 cm³/mol. The van der Waals surface area contributed by atoms with Crippen molar-refractivity contribution in [2.75, 3.05) is 14.2 Å². The highest BCUT2D eigenvalue weighted by Gasteiger charge is 2.05. The molecule has 22 heavy (non-hydrogen) atoms. The Balaban J connectivity index is 2.06. The third-order valence-corrected chi connectivity index (χ3v) is 2.98. The highest BCUT2D eigenvalue weighted by molar-refractivity contribution is 5.94. The molecule has 6 nitrogen and oxygen atoms in total. The Hall–Kier alpha value is -2.89. The van der Waals surface area contributed by atoms with E-state index in [1.165, 1.54) is 12.4 Å². The van der Waals surface area contributed by atoms with Gasteiger partial charge in [-0.2, -0.15) is 5.10 Å². The molecule has 2 aromatic rings. The zero-order chi connectivity index (χ0) is 15.9. The second-order valence-corrected chi connectivity index (χ2v) is 4.50. The van der Waals surface area contributed by atoms with Crippen molar-refractivity contribution in [3.05, 3.63) is 53.3 Å². The second kappa shape index (κ2) is 7.21. The molecule has 0 atom stereocenters. The smallest absolute Gasteiger partial charge is 0.272 e. The van der Waals surface area contributed by atoms with Gasteiger partial charge in [-0.05, 0) is 31.2 Å². The highest BCUT2D eigenvalue weighted by atomic mass is 16.5. The summed E-state index contributed by atoms with van der Waals surface area (Å²) in [4.78, 5) is 16.0. The molecule has 0 fully saturated rings. The molecule has 1 heterocycles. The monoisotopic (exact) mass is 299 g/mol. The molecule has 0 unspecified atom stereocenters. The molecule has 2 rings (SSSR count). The summed E-state index contributed by atoms with van der Waals surface area (Å²) in [7, 11) is 3.14. The van der Waals surface area contributed by atoms with E-state index in [0.717, 1.165) is 11.3 Å². The van der Waals surface area contributed by atoms with Crippen LogP contribution in [0.5, 0.6) is 11.5 Å². The third kappa shape index (κ3) is 3.82. The van der Waals surface area contributed by atoms with Crippen molar-refractivity contribution in [2.45, 2.75) is 6.92 Å². The van der Waals surface area contributed by atoms with E-state index in [1.54, 1.807) is 44.6 Å². The minimum absolute atomic E-state index is 0.323. The summed E-state index contributed by atoms with van der Waals surface area (Å²) in [6.45, 7) is 1.86. The number of benzene rings is 1. The van der Waals surface area contributed by atoms with Crippen LogP contribution >= 0.6 is 0 Å². The molecule has 0 aliphatic rings. The molecule has 0 radical (unpaired) electrons. The molecule has 1 N–H and O–H groups in total. The molecule has 1 amide bonds. The van der Waals surface area contributed by atoms with Gasteiger partial charge in [-0.25, -0.2) is 5.43 Å². The number of carbonyl (C=O) groups excluding carboxylic acids is 1. The summed E-state index contributed by atoms with van der Waals surface area (Å²) >= 11 is 0. The summed E-state index contributed by atoms with van der Waals surface area (Å²) < 4.78 is 10.4. The summed E-state index contributed by atoms with van der Waals surface area (Å²) in [5.74, 6) is 0.967. The Morgan fingerprint density at radius 1 is 1.23 bits per heavy atom. The Morgan fingerprint density at radius 3 is 2.68 bits per heavy atom. The highest BCUT2D eigenvalue weighted by Crippen LogP contribution is 2.22. The lowest BCUT2D eigenvalue weighted by Gasteiger charge is -2.06. The number of methoxy groups -OCH3 is 2. The number of hydrogen-bond acceptors (Lipinski definition) is 5. The number of nitrogens with zero attached hydrogens (tertiary/aromatic N) is 2. The average molecular weight is 299 g/mol. The lowest BCUT2D eigenvalue weighted by molar-refractivity contribution is 0.0954. The SMILES string of the molecule is COc1ccc(C=NNC(=O)c2ccc(C)nc2)c(OC)c1. The van der Waals surface area contributed by atoms with Gasteiger partial charge in [0.15, 0.2) is 0 Å². The first kappa shape index (κ1) is 15.5. The Bertz CT molecular complexity index is 682. The molecule has 6 heteroatoms. The summed E-state index contributed by atoms with van der Waals surface area (Å²) in [5, 5.41) is 3.93. The minimum Gasteiger partial charge on any atom is -0.497 e. The van der Waals surface area contributed by atoms with Gasteiger partial charge in [-0.1, -0.05) is 0 Å². The van der Waals surface area contributed by atoms with Gasteiger partial charge in [0.1, 0.15) is 11.5 Å². The molecule has 0 bridgehead atoms. The molecule has 1 aromatic carbocycles. The third-order valence-electron chi connectivity index (χ3n) is 2.98. The molecule has 0 saturated carbocycles. The predicted octanol–water partition coefficient (Wildman–Crippen LogP) is 2.17. The number of aryl methyl sites for hydroxylation is 1. The molecule has 0 aliphatic carbocycles. The first-order valence-corrected chi connectivity index (χ1v) is 6.62. The quantitative estimate of drug-likeness (QED) is 0.678. The van der Waals surface area contributed by atoms with Crippen molar-refractivity contribution in [1.82, 2.24) is 10.4 Å². The number of carbonyl (C=O) groups is 1. The van der Waals surface area contributed by atoms with Crippen molar-refractivity contribution in [3.63, 3.8) is 0 Å². The number of hydrazone groups is 1. The molecule has 0 saturated heterocycles. The fraction of sp³-hybridized carbons (Fsp3) is 0.188. The molecular formula is C16H17N3O3. The van der Waals surface area contributed by atoms with Crippen molar-refractivity contribution >= 4 is 12.1 Å². The van der Waals surface area contributed by atoms with Gasteiger partial charge in [-0.15, -0.1) is 0 Å². The van der Waals surface area contributed by atoms with Crippen LogP contribution in [0.1, 0.15) is 21.6 Å². The maximum atomic E-state index is 11.9. The molecular weight excluding hydrogens is 282 g/mol. The van der Waals surface area contributed by atoms with E-state index >= 15 is 0 Å². The Labute approximate surface area is 128 Å². The number of ether oxygens (including phenoxy) is 2. The summed E-state index contributed by atoms with van der Waals surface area (Å²) in [5.41, 5.74) is 4.48. The Morgan fingerprint density at radius 2 is 2.05 bits per heavy atom. The number of hydrogen-bond donors (Lipinski definition) is 1. The molecule has 1 aromatic heterocycles. The first-order chi connectivity index (χ1) is 10.6. The van der Waals surface area contributed by atoms with Gasteiger partial charge in [0.05, 0.1) is 26.0 Å². The van der Waals surface area contributed by atoms with Gasteiger partial charge in [-0.3, -0.25) is 9.78 Å². The fourth-order valence-corrected chi connectivity index (χ4v) is 1.75. The van der Waals surface area contributed by atoms with E-state index in [2.05, 4.69) is 15.5 Å². The minimum atomic E-state index is -0.323. The Kier molecular flexibility index (Phi) is 5.08. The maximum Gasteiger partial charge on any atom is 0.272 e. The fourth-order valence-electron chi connectivity index (χ4n) is 1.75. The van der Waals surface area contributed by atoms with Crippen LogP contribution < -0.4 is 14.9 Å². The zero-order valence-corrected chi connectivity index (χ0v) is 12.7. The first-order valence-electron chi connectivity index (χ1n) is 6.62. The van der Waals surface area contributed by atoms with Gasteiger partial charge in [0.2, 0.25) is 0 Å². The van der Waals surface area contributed by atoms with Crippen LogP contribution in [0.4, 0.5) is 0 Å². The molecule has 0 aliphatic heterocycles. The van der Waals surface area contributed by atoms with Gasteiger partial charge in [0, 0.05) is 23.5 Å². The van der Waals surface area contributed by atoms with E-state index in [0.29, 0.717) is 17.1 Å². The van der Waals surface area contributed by atoms with Crippen molar-refractivity contribution in [1.29, 1.82) is 0 Å². The summed E-state index contributed by atoms with van der Waals surface area (Å²) in [6.07, 6.45) is 3.02. The van der Waals surface area contributed by atoms with Gasteiger partial charge < -0.3 is 9.47 Å². The second-order valence-electron chi connectivity index (χ2n) is 4.50. The average Bonchev–Trinajstić information content (AvgIpc) is 2.55. The van der Waals surface area contributed by atoms with Crippen molar-refractivity contribution in [3.8, 4) is 11.5 Å². The molecule has 114 valence electrons. The number of amides is 1. The van der Waals surface area contributed by atoms with E-state index in [1.807, 2.05) is 6.92 Å². The largest absolute Gasteiger partial charge is 0.497 e.